The Hall–Kier alpha value is -2.13. The summed E-state index contributed by atoms with van der Waals surface area (Å²) in [6, 6.07) is 21.5. The Morgan fingerprint density at radius 1 is 1.04 bits per heavy atom. The highest BCUT2D eigenvalue weighted by atomic mass is 16.2. The maximum absolute atomic E-state index is 12.8. The second kappa shape index (κ2) is 6.64. The van der Waals surface area contributed by atoms with Crippen molar-refractivity contribution in [3.63, 3.8) is 0 Å². The molecule has 1 aliphatic carbocycles. The van der Waals surface area contributed by atoms with Crippen molar-refractivity contribution >= 4 is 5.91 Å². The van der Waals surface area contributed by atoms with E-state index in [9.17, 15) is 4.79 Å². The minimum Gasteiger partial charge on any atom is -0.351 e. The lowest BCUT2D eigenvalue weighted by atomic mass is 9.97. The molecule has 2 aromatic rings. The van der Waals surface area contributed by atoms with Crippen LogP contribution in [0, 0.1) is 5.41 Å². The highest BCUT2D eigenvalue weighted by molar-refractivity contribution is 5.83. The molecule has 3 atom stereocenters. The number of benzene rings is 2. The van der Waals surface area contributed by atoms with E-state index in [1.807, 2.05) is 12.1 Å². The van der Waals surface area contributed by atoms with E-state index in [2.05, 4.69) is 66.1 Å². The van der Waals surface area contributed by atoms with Crippen LogP contribution in [0.15, 0.2) is 60.7 Å². The summed E-state index contributed by atoms with van der Waals surface area (Å²) in [5, 5.41) is 6.80. The highest BCUT2D eigenvalue weighted by Gasteiger charge is 2.58. The van der Waals surface area contributed by atoms with Crippen molar-refractivity contribution in [2.24, 2.45) is 5.41 Å². The molecule has 1 aliphatic heterocycles. The molecule has 2 aliphatic rings. The third-order valence-electron chi connectivity index (χ3n) is 5.74. The molecule has 25 heavy (non-hydrogen) atoms. The van der Waals surface area contributed by atoms with Crippen molar-refractivity contribution in [2.45, 2.75) is 50.7 Å². The fourth-order valence-electron chi connectivity index (χ4n) is 4.10. The lowest BCUT2D eigenvalue weighted by Crippen LogP contribution is -2.47. The van der Waals surface area contributed by atoms with Gasteiger partial charge in [-0.05, 0) is 42.2 Å². The van der Waals surface area contributed by atoms with Crippen LogP contribution in [0.4, 0.5) is 0 Å². The van der Waals surface area contributed by atoms with E-state index >= 15 is 0 Å². The van der Waals surface area contributed by atoms with E-state index < -0.39 is 0 Å². The summed E-state index contributed by atoms with van der Waals surface area (Å²) in [5.74, 6) is 0.158. The Morgan fingerprint density at radius 2 is 1.60 bits per heavy atom. The van der Waals surface area contributed by atoms with Gasteiger partial charge in [0, 0.05) is 12.1 Å². The first-order valence-corrected chi connectivity index (χ1v) is 9.27. The van der Waals surface area contributed by atoms with Gasteiger partial charge in [-0.25, -0.2) is 0 Å². The fourth-order valence-corrected chi connectivity index (χ4v) is 4.10. The van der Waals surface area contributed by atoms with Crippen molar-refractivity contribution in [2.75, 3.05) is 0 Å². The Bertz CT molecular complexity index is 689. The van der Waals surface area contributed by atoms with Gasteiger partial charge in [-0.3, -0.25) is 4.79 Å². The molecule has 3 heteroatoms. The van der Waals surface area contributed by atoms with Gasteiger partial charge in [0.15, 0.2) is 0 Å². The van der Waals surface area contributed by atoms with Gasteiger partial charge in [-0.1, -0.05) is 67.6 Å². The van der Waals surface area contributed by atoms with E-state index in [-0.39, 0.29) is 18.0 Å². The van der Waals surface area contributed by atoms with Crippen LogP contribution >= 0.6 is 0 Å². The number of nitrogens with one attached hydrogen (secondary N) is 2. The van der Waals surface area contributed by atoms with Gasteiger partial charge in [0.25, 0.3) is 0 Å². The Kier molecular flexibility index (Phi) is 4.34. The number of hydrogen-bond donors (Lipinski definition) is 2. The first-order valence-electron chi connectivity index (χ1n) is 9.27. The first kappa shape index (κ1) is 16.3. The number of fused-ring (bicyclic) bond motifs is 1. The van der Waals surface area contributed by atoms with Crippen LogP contribution in [0.1, 0.15) is 30.9 Å². The molecule has 1 heterocycles. The maximum Gasteiger partial charge on any atom is 0.237 e. The molecule has 0 bridgehead atoms. The minimum absolute atomic E-state index is 0.0298. The van der Waals surface area contributed by atoms with Crippen molar-refractivity contribution in [1.29, 1.82) is 0 Å². The standard InChI is InChI=1S/C22H26N2O/c1-22-14-19(24-20(22)15-22)21(25)23-18(12-16-8-4-2-5-9-16)13-17-10-6-3-7-11-17/h2-11,18-20,24H,12-15H2,1H3,(H,23,25)/t19-,20?,22-/m0/s1. The predicted molar refractivity (Wildman–Crippen MR) is 100 cm³/mol. The molecule has 3 nitrogen and oxygen atoms in total. The van der Waals surface area contributed by atoms with Crippen LogP contribution in [-0.2, 0) is 17.6 Å². The van der Waals surface area contributed by atoms with E-state index in [1.54, 1.807) is 0 Å². The zero-order valence-corrected chi connectivity index (χ0v) is 14.7. The predicted octanol–water partition coefficient (Wildman–Crippen LogP) is 3.10. The Labute approximate surface area is 149 Å². The van der Waals surface area contributed by atoms with E-state index in [0.717, 1.165) is 19.3 Å². The average molecular weight is 334 g/mol. The van der Waals surface area contributed by atoms with E-state index in [4.69, 9.17) is 0 Å². The zero-order chi connectivity index (χ0) is 17.3. The maximum atomic E-state index is 12.8. The zero-order valence-electron chi connectivity index (χ0n) is 14.7. The molecule has 1 saturated heterocycles. The smallest absolute Gasteiger partial charge is 0.237 e. The minimum atomic E-state index is -0.0298. The number of rotatable bonds is 6. The van der Waals surface area contributed by atoms with Gasteiger partial charge in [-0.2, -0.15) is 0 Å². The normalized spacial score (nSPS) is 27.1. The van der Waals surface area contributed by atoms with Crippen molar-refractivity contribution in [3.8, 4) is 0 Å². The third kappa shape index (κ3) is 3.77. The summed E-state index contributed by atoms with van der Waals surface area (Å²) in [5.41, 5.74) is 2.88. The molecule has 1 amide bonds. The molecule has 0 spiro atoms. The highest BCUT2D eigenvalue weighted by Crippen LogP contribution is 2.53. The van der Waals surface area contributed by atoms with Gasteiger partial charge >= 0.3 is 0 Å². The van der Waals surface area contributed by atoms with Gasteiger partial charge in [0.1, 0.15) is 0 Å². The molecule has 4 rings (SSSR count). The van der Waals surface area contributed by atoms with Crippen molar-refractivity contribution in [1.82, 2.24) is 10.6 Å². The van der Waals surface area contributed by atoms with Crippen LogP contribution in [0.2, 0.25) is 0 Å². The summed E-state index contributed by atoms with van der Waals surface area (Å²) in [6.45, 7) is 2.28. The molecular weight excluding hydrogens is 308 g/mol. The quantitative estimate of drug-likeness (QED) is 0.852. The SMILES string of the molecule is C[C@]12CC1N[C@H](C(=O)NC(Cc1ccccc1)Cc1ccccc1)C2. The second-order valence-electron chi connectivity index (χ2n) is 7.92. The van der Waals surface area contributed by atoms with Gasteiger partial charge < -0.3 is 10.6 Å². The first-order chi connectivity index (χ1) is 12.1. The van der Waals surface area contributed by atoms with E-state index in [0.29, 0.717) is 11.5 Å². The Balaban J connectivity index is 1.44. The van der Waals surface area contributed by atoms with Crippen molar-refractivity contribution in [3.05, 3.63) is 71.8 Å². The molecule has 1 unspecified atom stereocenters. The second-order valence-corrected chi connectivity index (χ2v) is 7.92. The van der Waals surface area contributed by atoms with Crippen molar-refractivity contribution < 1.29 is 4.79 Å². The van der Waals surface area contributed by atoms with Gasteiger partial charge in [0.05, 0.1) is 6.04 Å². The van der Waals surface area contributed by atoms with Crippen LogP contribution in [-0.4, -0.2) is 24.0 Å². The Morgan fingerprint density at radius 3 is 2.08 bits per heavy atom. The van der Waals surface area contributed by atoms with Gasteiger partial charge in [-0.15, -0.1) is 0 Å². The van der Waals surface area contributed by atoms with Crippen LogP contribution in [0.3, 0.4) is 0 Å². The number of carbonyl (C=O) groups excluding carboxylic acids is 1. The van der Waals surface area contributed by atoms with Crippen LogP contribution < -0.4 is 10.6 Å². The summed E-state index contributed by atoms with van der Waals surface area (Å²) < 4.78 is 0. The fraction of sp³-hybridized carbons (Fsp3) is 0.409. The number of amides is 1. The lowest BCUT2D eigenvalue weighted by molar-refractivity contribution is -0.123. The monoisotopic (exact) mass is 334 g/mol. The molecule has 2 aromatic carbocycles. The molecule has 2 N–H and O–H groups in total. The molecule has 0 aromatic heterocycles. The largest absolute Gasteiger partial charge is 0.351 e. The molecule has 0 radical (unpaired) electrons. The number of piperidine rings is 1. The summed E-state index contributed by atoms with van der Waals surface area (Å²) in [7, 11) is 0. The molecule has 1 saturated carbocycles. The lowest BCUT2D eigenvalue weighted by Gasteiger charge is -2.22. The molecular formula is C22H26N2O. The van der Waals surface area contributed by atoms with Gasteiger partial charge in [0.2, 0.25) is 5.91 Å². The summed E-state index contributed by atoms with van der Waals surface area (Å²) in [4.78, 5) is 12.8. The number of carbonyl (C=O) groups is 1. The molecule has 130 valence electrons. The molecule has 2 fully saturated rings. The van der Waals surface area contributed by atoms with Crippen LogP contribution in [0.5, 0.6) is 0 Å². The van der Waals surface area contributed by atoms with Crippen LogP contribution in [0.25, 0.3) is 0 Å². The van der Waals surface area contributed by atoms with E-state index in [1.165, 1.54) is 17.5 Å². The number of hydrogen-bond acceptors (Lipinski definition) is 2. The third-order valence-corrected chi connectivity index (χ3v) is 5.74. The summed E-state index contributed by atoms with van der Waals surface area (Å²) in [6.07, 6.45) is 3.89. The summed E-state index contributed by atoms with van der Waals surface area (Å²) >= 11 is 0. The topological polar surface area (TPSA) is 41.1 Å². The average Bonchev–Trinajstić information content (AvgIpc) is 3.13.